The number of nitrogen functional groups attached to an aromatic ring is 1. The molecule has 0 unspecified atom stereocenters. The van der Waals surface area contributed by atoms with Gasteiger partial charge in [0.05, 0.1) is 0 Å². The van der Waals surface area contributed by atoms with E-state index in [0.717, 1.165) is 13.1 Å². The van der Waals surface area contributed by atoms with Crippen molar-refractivity contribution >= 4 is 5.82 Å². The highest BCUT2D eigenvalue weighted by molar-refractivity contribution is 5.24. The van der Waals surface area contributed by atoms with E-state index < -0.39 is 36.2 Å². The molecule has 0 amide bonds. The average Bonchev–Trinajstić information content (AvgIpc) is 2.51. The third kappa shape index (κ3) is 1.99. The molecule has 1 aromatic rings. The first-order valence-electron chi connectivity index (χ1n) is 5.39. The summed E-state index contributed by atoms with van der Waals surface area (Å²) in [4.78, 5) is 14.9. The first kappa shape index (κ1) is 13.8. The second kappa shape index (κ2) is 4.22. The second-order valence-electron chi connectivity index (χ2n) is 4.50. The van der Waals surface area contributed by atoms with E-state index in [1.165, 1.54) is 6.07 Å². The number of aliphatic hydroxyl groups excluding tert-OH is 1. The van der Waals surface area contributed by atoms with E-state index >= 15 is 0 Å². The SMILES string of the molecule is C[C@]1(F)[C@H](n2ccc(N)nc2=O)O[C@](F)(C[O])[C@H]1O. The van der Waals surface area contributed by atoms with Crippen molar-refractivity contribution < 1.29 is 23.7 Å². The Bertz CT molecular complexity index is 550. The molecule has 2 heterocycles. The van der Waals surface area contributed by atoms with Gasteiger partial charge in [0, 0.05) is 6.20 Å². The number of ether oxygens (including phenoxy) is 1. The zero-order valence-corrected chi connectivity index (χ0v) is 9.92. The second-order valence-corrected chi connectivity index (χ2v) is 4.50. The fraction of sp³-hybridized carbons (Fsp3) is 0.600. The molecule has 1 aliphatic heterocycles. The summed E-state index contributed by atoms with van der Waals surface area (Å²) in [5.74, 6) is -3.20. The number of rotatable bonds is 2. The molecule has 19 heavy (non-hydrogen) atoms. The molecule has 0 aromatic carbocycles. The molecule has 1 fully saturated rings. The van der Waals surface area contributed by atoms with Crippen LogP contribution in [-0.4, -0.2) is 38.9 Å². The minimum absolute atomic E-state index is 0.101. The number of anilines is 1. The van der Waals surface area contributed by atoms with Crippen LogP contribution >= 0.6 is 0 Å². The number of hydrogen-bond donors (Lipinski definition) is 2. The Kier molecular flexibility index (Phi) is 3.07. The zero-order chi connectivity index (χ0) is 14.4. The molecule has 7 nitrogen and oxygen atoms in total. The van der Waals surface area contributed by atoms with Crippen LogP contribution < -0.4 is 11.4 Å². The lowest BCUT2D eigenvalue weighted by Crippen LogP contribution is -2.46. The fourth-order valence-electron chi connectivity index (χ4n) is 1.97. The Balaban J connectivity index is 2.48. The molecule has 1 radical (unpaired) electrons. The van der Waals surface area contributed by atoms with Crippen molar-refractivity contribution in [2.24, 2.45) is 0 Å². The van der Waals surface area contributed by atoms with Crippen LogP contribution in [0.15, 0.2) is 17.1 Å². The highest BCUT2D eigenvalue weighted by Gasteiger charge is 2.64. The summed E-state index contributed by atoms with van der Waals surface area (Å²) < 4.78 is 33.5. The van der Waals surface area contributed by atoms with Crippen molar-refractivity contribution in [1.29, 1.82) is 0 Å². The van der Waals surface area contributed by atoms with Gasteiger partial charge in [-0.3, -0.25) is 4.57 Å². The van der Waals surface area contributed by atoms with Gasteiger partial charge in [-0.15, -0.1) is 0 Å². The quantitative estimate of drug-likeness (QED) is 0.759. The van der Waals surface area contributed by atoms with Crippen molar-refractivity contribution in [2.75, 3.05) is 12.3 Å². The van der Waals surface area contributed by atoms with Gasteiger partial charge in [0.25, 0.3) is 5.85 Å². The van der Waals surface area contributed by atoms with Gasteiger partial charge >= 0.3 is 5.69 Å². The van der Waals surface area contributed by atoms with Crippen molar-refractivity contribution in [3.05, 3.63) is 22.7 Å². The van der Waals surface area contributed by atoms with E-state index in [9.17, 15) is 23.8 Å². The number of nitrogens with two attached hydrogens (primary N) is 1. The zero-order valence-electron chi connectivity index (χ0n) is 9.92. The van der Waals surface area contributed by atoms with Crippen LogP contribution in [0.5, 0.6) is 0 Å². The Morgan fingerprint density at radius 3 is 2.74 bits per heavy atom. The number of alkyl halides is 2. The molecular weight excluding hydrogens is 264 g/mol. The van der Waals surface area contributed by atoms with Crippen LogP contribution in [0, 0.1) is 0 Å². The van der Waals surface area contributed by atoms with E-state index in [1.54, 1.807) is 0 Å². The third-order valence-corrected chi connectivity index (χ3v) is 3.03. The molecule has 0 saturated carbocycles. The average molecular weight is 276 g/mol. The predicted molar refractivity (Wildman–Crippen MR) is 57.9 cm³/mol. The molecule has 1 saturated heterocycles. The van der Waals surface area contributed by atoms with E-state index in [1.807, 2.05) is 0 Å². The van der Waals surface area contributed by atoms with Gasteiger partial charge in [-0.1, -0.05) is 0 Å². The maximum Gasteiger partial charge on any atom is 0.351 e. The third-order valence-electron chi connectivity index (χ3n) is 3.03. The van der Waals surface area contributed by atoms with Crippen LogP contribution in [-0.2, 0) is 9.84 Å². The highest BCUT2D eigenvalue weighted by Crippen LogP contribution is 2.46. The molecular formula is C10H12F2N3O4. The van der Waals surface area contributed by atoms with Crippen molar-refractivity contribution in [3.8, 4) is 0 Å². The molecule has 4 atom stereocenters. The van der Waals surface area contributed by atoms with Gasteiger partial charge in [-0.25, -0.2) is 18.7 Å². The Morgan fingerprint density at radius 1 is 1.63 bits per heavy atom. The van der Waals surface area contributed by atoms with Crippen molar-refractivity contribution in [3.63, 3.8) is 0 Å². The highest BCUT2D eigenvalue weighted by atomic mass is 19.2. The summed E-state index contributed by atoms with van der Waals surface area (Å²) in [6, 6.07) is 1.18. The Labute approximate surface area is 106 Å². The minimum atomic E-state index is -3.10. The number of hydrogen-bond acceptors (Lipinski definition) is 5. The molecule has 2 rings (SSSR count). The monoisotopic (exact) mass is 276 g/mol. The normalized spacial score (nSPS) is 38.6. The van der Waals surface area contributed by atoms with Gasteiger partial charge < -0.3 is 15.6 Å². The smallest absolute Gasteiger partial charge is 0.351 e. The maximum absolute atomic E-state index is 14.3. The predicted octanol–water partition coefficient (Wildman–Crippen LogP) is -0.460. The summed E-state index contributed by atoms with van der Waals surface area (Å²) >= 11 is 0. The summed E-state index contributed by atoms with van der Waals surface area (Å²) in [7, 11) is 0. The molecule has 9 heteroatoms. The molecule has 0 aliphatic carbocycles. The number of halogens is 2. The van der Waals surface area contributed by atoms with Crippen molar-refractivity contribution in [2.45, 2.75) is 30.8 Å². The van der Waals surface area contributed by atoms with E-state index in [-0.39, 0.29) is 5.82 Å². The fourth-order valence-corrected chi connectivity index (χ4v) is 1.97. The molecule has 1 aliphatic rings. The van der Waals surface area contributed by atoms with Gasteiger partial charge in [0.2, 0.25) is 0 Å². The summed E-state index contributed by atoms with van der Waals surface area (Å²) in [6.07, 6.45) is -3.06. The van der Waals surface area contributed by atoms with Crippen LogP contribution in [0.4, 0.5) is 14.6 Å². The Hall–Kier alpha value is -1.58. The topological polar surface area (TPSA) is 110 Å². The first-order chi connectivity index (χ1) is 8.72. The van der Waals surface area contributed by atoms with Crippen LogP contribution in [0.2, 0.25) is 0 Å². The Morgan fingerprint density at radius 2 is 2.26 bits per heavy atom. The van der Waals surface area contributed by atoms with Gasteiger partial charge in [0.15, 0.2) is 18.0 Å². The van der Waals surface area contributed by atoms with Gasteiger partial charge in [-0.05, 0) is 13.0 Å². The van der Waals surface area contributed by atoms with E-state index in [4.69, 9.17) is 5.73 Å². The van der Waals surface area contributed by atoms with Crippen LogP contribution in [0.3, 0.4) is 0 Å². The minimum Gasteiger partial charge on any atom is -0.383 e. The number of aliphatic hydroxyl groups is 1. The molecule has 0 bridgehead atoms. The first-order valence-corrected chi connectivity index (χ1v) is 5.39. The van der Waals surface area contributed by atoms with E-state index in [2.05, 4.69) is 9.72 Å². The number of nitrogens with zero attached hydrogens (tertiary/aromatic N) is 2. The van der Waals surface area contributed by atoms with Crippen LogP contribution in [0.1, 0.15) is 13.2 Å². The molecule has 105 valence electrons. The summed E-state index contributed by atoms with van der Waals surface area (Å²) in [5.41, 5.74) is 1.63. The lowest BCUT2D eigenvalue weighted by molar-refractivity contribution is -0.216. The lowest BCUT2D eigenvalue weighted by Gasteiger charge is -2.24. The molecule has 1 aromatic heterocycles. The van der Waals surface area contributed by atoms with Crippen molar-refractivity contribution in [1.82, 2.24) is 9.55 Å². The van der Waals surface area contributed by atoms with Gasteiger partial charge in [-0.2, -0.15) is 4.98 Å². The molecule has 0 spiro atoms. The summed E-state index contributed by atoms with van der Waals surface area (Å²) in [6.45, 7) is -0.663. The largest absolute Gasteiger partial charge is 0.383 e. The lowest BCUT2D eigenvalue weighted by atomic mass is 9.97. The standard InChI is InChI=1S/C10H12F2N3O4/c1-9(11)6(17)10(12,4-16)19-7(9)15-3-2-5(13)14-8(15)18/h2-3,6-7,17H,4H2,1H3,(H2,13,14,18)/t6-,7+,9+,10+/m0/s1. The van der Waals surface area contributed by atoms with E-state index in [0.29, 0.717) is 4.57 Å². The number of aromatic nitrogens is 2. The van der Waals surface area contributed by atoms with Crippen LogP contribution in [0.25, 0.3) is 0 Å². The maximum atomic E-state index is 14.3. The molecule has 3 N–H and O–H groups in total. The summed E-state index contributed by atoms with van der Waals surface area (Å²) in [5, 5.41) is 20.2. The van der Waals surface area contributed by atoms with Gasteiger partial charge in [0.1, 0.15) is 12.4 Å².